The number of aryl methyl sites for hydroxylation is 1. The maximum Gasteiger partial charge on any atom is 0.256 e. The number of nitrogens with one attached hydrogen (secondary N) is 1. The van der Waals surface area contributed by atoms with E-state index in [0.717, 1.165) is 52.1 Å². The Morgan fingerprint density at radius 1 is 1.00 bits per heavy atom. The van der Waals surface area contributed by atoms with Gasteiger partial charge in [-0.2, -0.15) is 4.57 Å². The van der Waals surface area contributed by atoms with Crippen LogP contribution in [0.5, 0.6) is 0 Å². The predicted octanol–water partition coefficient (Wildman–Crippen LogP) is 3.84. The van der Waals surface area contributed by atoms with Gasteiger partial charge in [-0.05, 0) is 26.0 Å². The molecule has 0 fully saturated rings. The Hall–Kier alpha value is -2.88. The molecule has 0 unspecified atom stereocenters. The molecule has 1 heterocycles. The smallest absolute Gasteiger partial charge is 0.256 e. The van der Waals surface area contributed by atoms with Crippen LogP contribution in [0.3, 0.4) is 0 Å². The third kappa shape index (κ3) is 2.37. The zero-order chi connectivity index (χ0) is 17.6. The summed E-state index contributed by atoms with van der Waals surface area (Å²) in [7, 11) is 2.06. The van der Waals surface area contributed by atoms with Crippen LogP contribution >= 0.6 is 0 Å². The summed E-state index contributed by atoms with van der Waals surface area (Å²) < 4.78 is 8.40. The molecule has 0 saturated heterocycles. The lowest BCUT2D eigenvalue weighted by atomic mass is 10.0. The van der Waals surface area contributed by atoms with E-state index in [1.807, 2.05) is 24.3 Å². The Balaban J connectivity index is 2.09. The summed E-state index contributed by atoms with van der Waals surface area (Å²) in [5, 5.41) is 10.8. The Kier molecular flexibility index (Phi) is 3.68. The summed E-state index contributed by atoms with van der Waals surface area (Å²) in [6.07, 6.45) is 0. The van der Waals surface area contributed by atoms with E-state index in [-0.39, 0.29) is 0 Å². The van der Waals surface area contributed by atoms with Gasteiger partial charge in [-0.1, -0.05) is 18.2 Å². The molecule has 0 radical (unpaired) electrons. The molecule has 0 amide bonds. The zero-order valence-electron chi connectivity index (χ0n) is 14.8. The first kappa shape index (κ1) is 15.6. The largest absolute Gasteiger partial charge is 0.443 e. The molecule has 0 atom stereocenters. The van der Waals surface area contributed by atoms with Crippen molar-refractivity contribution in [1.82, 2.24) is 0 Å². The second-order valence-electron chi connectivity index (χ2n) is 6.30. The molecule has 2 aromatic rings. The number of benzene rings is 3. The van der Waals surface area contributed by atoms with Crippen molar-refractivity contribution in [3.8, 4) is 11.5 Å². The third-order valence-electron chi connectivity index (χ3n) is 4.97. The van der Waals surface area contributed by atoms with Crippen LogP contribution in [0.25, 0.3) is 33.3 Å². The first-order valence-corrected chi connectivity index (χ1v) is 8.72. The highest BCUT2D eigenvalue weighted by Crippen LogP contribution is 2.30. The van der Waals surface area contributed by atoms with Crippen molar-refractivity contribution in [2.24, 2.45) is 7.05 Å². The SMILES string of the molecule is CCN(CC)c1ccc2c(c1)oc1cc(=N)c3ccccc3c-1[n+]2C. The topological polar surface area (TPSA) is 44.1 Å². The van der Waals surface area contributed by atoms with Crippen molar-refractivity contribution in [3.63, 3.8) is 0 Å². The van der Waals surface area contributed by atoms with Crippen LogP contribution < -0.4 is 14.8 Å². The molecule has 126 valence electrons. The summed E-state index contributed by atoms with van der Waals surface area (Å²) in [4.78, 5) is 2.30. The van der Waals surface area contributed by atoms with Crippen LogP contribution in [0.15, 0.2) is 52.9 Å². The van der Waals surface area contributed by atoms with Gasteiger partial charge in [-0.25, -0.2) is 0 Å². The lowest BCUT2D eigenvalue weighted by Crippen LogP contribution is -2.33. The number of aromatic nitrogens is 1. The molecule has 4 heteroatoms. The van der Waals surface area contributed by atoms with Gasteiger partial charge in [0.2, 0.25) is 16.9 Å². The summed E-state index contributed by atoms with van der Waals surface area (Å²) >= 11 is 0. The van der Waals surface area contributed by atoms with E-state index in [9.17, 15) is 0 Å². The van der Waals surface area contributed by atoms with Crippen molar-refractivity contribution < 1.29 is 8.98 Å². The van der Waals surface area contributed by atoms with E-state index in [2.05, 4.69) is 54.6 Å². The molecule has 2 aliphatic rings. The van der Waals surface area contributed by atoms with E-state index in [1.54, 1.807) is 0 Å². The second-order valence-corrected chi connectivity index (χ2v) is 6.30. The average molecular weight is 332 g/mol. The fourth-order valence-corrected chi connectivity index (χ4v) is 3.64. The number of nitrogens with zero attached hydrogens (tertiary/aromatic N) is 2. The molecule has 2 aromatic carbocycles. The first-order valence-electron chi connectivity index (χ1n) is 8.72. The van der Waals surface area contributed by atoms with E-state index >= 15 is 0 Å². The first-order chi connectivity index (χ1) is 12.1. The van der Waals surface area contributed by atoms with Crippen molar-refractivity contribution in [1.29, 1.82) is 5.41 Å². The molecule has 1 aliphatic heterocycles. The third-order valence-corrected chi connectivity index (χ3v) is 4.97. The van der Waals surface area contributed by atoms with Crippen molar-refractivity contribution >= 4 is 27.6 Å². The fraction of sp³-hybridized carbons (Fsp3) is 0.238. The van der Waals surface area contributed by atoms with Crippen LogP contribution in [0.1, 0.15) is 13.8 Å². The summed E-state index contributed by atoms with van der Waals surface area (Å²) in [5.74, 6) is 0.746. The van der Waals surface area contributed by atoms with Crippen molar-refractivity contribution in [2.75, 3.05) is 18.0 Å². The van der Waals surface area contributed by atoms with Gasteiger partial charge in [-0.3, -0.25) is 0 Å². The lowest BCUT2D eigenvalue weighted by molar-refractivity contribution is -0.634. The fourth-order valence-electron chi connectivity index (χ4n) is 3.64. The number of fused-ring (bicyclic) bond motifs is 4. The summed E-state index contributed by atoms with van der Waals surface area (Å²) in [5.41, 5.74) is 4.07. The van der Waals surface area contributed by atoms with E-state index < -0.39 is 0 Å². The predicted molar refractivity (Wildman–Crippen MR) is 101 cm³/mol. The molecule has 0 bridgehead atoms. The highest BCUT2D eigenvalue weighted by Gasteiger charge is 2.24. The molecule has 4 nitrogen and oxygen atoms in total. The van der Waals surface area contributed by atoms with Crippen LogP contribution in [-0.2, 0) is 7.05 Å². The van der Waals surface area contributed by atoms with E-state index in [1.165, 1.54) is 0 Å². The van der Waals surface area contributed by atoms with Gasteiger partial charge in [-0.15, -0.1) is 0 Å². The van der Waals surface area contributed by atoms with Crippen LogP contribution in [0, 0.1) is 5.41 Å². The van der Waals surface area contributed by atoms with Crippen molar-refractivity contribution in [2.45, 2.75) is 13.8 Å². The average Bonchev–Trinajstić information content (AvgIpc) is 2.63. The number of hydrogen-bond acceptors (Lipinski definition) is 3. The molecular weight excluding hydrogens is 310 g/mol. The normalized spacial score (nSPS) is 11.5. The minimum atomic E-state index is 0.492. The molecule has 1 aliphatic carbocycles. The Morgan fingerprint density at radius 2 is 1.72 bits per heavy atom. The number of anilines is 1. The summed E-state index contributed by atoms with van der Waals surface area (Å²) in [6.45, 7) is 6.24. The number of rotatable bonds is 3. The quantitative estimate of drug-likeness (QED) is 0.352. The lowest BCUT2D eigenvalue weighted by Gasteiger charge is -2.21. The Labute approximate surface area is 146 Å². The van der Waals surface area contributed by atoms with Crippen LogP contribution in [0.2, 0.25) is 0 Å². The van der Waals surface area contributed by atoms with Crippen LogP contribution in [-0.4, -0.2) is 13.1 Å². The maximum atomic E-state index is 8.32. The minimum Gasteiger partial charge on any atom is -0.443 e. The monoisotopic (exact) mass is 332 g/mol. The molecule has 0 saturated carbocycles. The minimum absolute atomic E-state index is 0.492. The van der Waals surface area contributed by atoms with Gasteiger partial charge in [0, 0.05) is 42.4 Å². The van der Waals surface area contributed by atoms with E-state index in [0.29, 0.717) is 5.36 Å². The highest BCUT2D eigenvalue weighted by atomic mass is 16.3. The molecule has 0 spiro atoms. The van der Waals surface area contributed by atoms with Gasteiger partial charge >= 0.3 is 0 Å². The molecule has 4 rings (SSSR count). The van der Waals surface area contributed by atoms with Crippen molar-refractivity contribution in [3.05, 3.63) is 53.9 Å². The second kappa shape index (κ2) is 5.88. The van der Waals surface area contributed by atoms with E-state index in [4.69, 9.17) is 9.83 Å². The van der Waals surface area contributed by atoms with Gasteiger partial charge in [0.1, 0.15) is 7.05 Å². The van der Waals surface area contributed by atoms with Gasteiger partial charge in [0.25, 0.3) is 5.69 Å². The Morgan fingerprint density at radius 3 is 2.44 bits per heavy atom. The van der Waals surface area contributed by atoms with Gasteiger partial charge in [0.15, 0.2) is 0 Å². The van der Waals surface area contributed by atoms with Gasteiger partial charge in [0.05, 0.1) is 10.7 Å². The standard InChI is InChI=1S/C21H22N3O/c1-4-24(5-2)14-10-11-18-19(12-14)25-20-13-17(22)15-8-6-7-9-16(15)21(20)23(18)3/h6-13,22H,4-5H2,1-3H3/q+1. The van der Waals surface area contributed by atoms with Gasteiger partial charge < -0.3 is 14.7 Å². The summed E-state index contributed by atoms with van der Waals surface area (Å²) in [6, 6.07) is 16.2. The Bertz CT molecular complexity index is 1110. The molecule has 1 N–H and O–H groups in total. The number of hydrogen-bond donors (Lipinski definition) is 1. The zero-order valence-corrected chi connectivity index (χ0v) is 14.8. The highest BCUT2D eigenvalue weighted by molar-refractivity contribution is 5.94. The van der Waals surface area contributed by atoms with Crippen LogP contribution in [0.4, 0.5) is 5.69 Å². The molecule has 25 heavy (non-hydrogen) atoms. The molecular formula is C21H22N3O+. The maximum absolute atomic E-state index is 8.32. The molecule has 0 aromatic heterocycles.